The number of hydrogen-bond acceptors (Lipinski definition) is 5. The van der Waals surface area contributed by atoms with Gasteiger partial charge in [-0.1, -0.05) is 19.1 Å². The molecule has 0 saturated heterocycles. The third kappa shape index (κ3) is 3.70. The molecule has 0 unspecified atom stereocenters. The van der Waals surface area contributed by atoms with Crippen LogP contribution in [-0.2, 0) is 24.1 Å². The van der Waals surface area contributed by atoms with Crippen molar-refractivity contribution in [2.45, 2.75) is 26.2 Å². The number of ether oxygens (including phenoxy) is 2. The number of rotatable bonds is 6. The Morgan fingerprint density at radius 1 is 1.50 bits per heavy atom. The number of benzene rings is 1. The van der Waals surface area contributed by atoms with Gasteiger partial charge in [-0.3, -0.25) is 4.79 Å². The van der Waals surface area contributed by atoms with E-state index in [1.807, 2.05) is 18.2 Å². The van der Waals surface area contributed by atoms with E-state index in [0.29, 0.717) is 19.6 Å². The predicted molar refractivity (Wildman–Crippen MR) is 93.9 cm³/mol. The summed E-state index contributed by atoms with van der Waals surface area (Å²) in [7, 11) is 1.63. The summed E-state index contributed by atoms with van der Waals surface area (Å²) in [5, 5.41) is 6.16. The Bertz CT molecular complexity index is 714. The number of amides is 1. The Morgan fingerprint density at radius 2 is 2.38 bits per heavy atom. The monoisotopic (exact) mass is 346 g/mol. The molecule has 5 nitrogen and oxygen atoms in total. The Balaban J connectivity index is 1.52. The van der Waals surface area contributed by atoms with Crippen molar-refractivity contribution in [3.8, 4) is 11.5 Å². The summed E-state index contributed by atoms with van der Waals surface area (Å²) in [4.78, 5) is 16.9. The number of hydrogen-bond donors (Lipinski definition) is 1. The van der Waals surface area contributed by atoms with Gasteiger partial charge in [0.2, 0.25) is 5.91 Å². The molecule has 0 radical (unpaired) electrons. The quantitative estimate of drug-likeness (QED) is 0.873. The van der Waals surface area contributed by atoms with Gasteiger partial charge in [-0.05, 0) is 24.5 Å². The lowest BCUT2D eigenvalue weighted by atomic mass is 9.95. The molecule has 1 aliphatic rings. The first kappa shape index (κ1) is 16.8. The van der Waals surface area contributed by atoms with E-state index in [0.717, 1.165) is 40.6 Å². The molecule has 1 aliphatic heterocycles. The summed E-state index contributed by atoms with van der Waals surface area (Å²) < 4.78 is 11.1. The highest BCUT2D eigenvalue weighted by Crippen LogP contribution is 2.35. The van der Waals surface area contributed by atoms with E-state index in [1.54, 1.807) is 18.4 Å². The third-order valence-corrected chi connectivity index (χ3v) is 5.10. The zero-order chi connectivity index (χ0) is 16.9. The van der Waals surface area contributed by atoms with Gasteiger partial charge in [-0.25, -0.2) is 4.98 Å². The number of aromatic nitrogens is 1. The van der Waals surface area contributed by atoms with Crippen molar-refractivity contribution >= 4 is 17.2 Å². The maximum absolute atomic E-state index is 12.4. The van der Waals surface area contributed by atoms with Crippen LogP contribution in [0.4, 0.5) is 0 Å². The fraction of sp³-hybridized carbons (Fsp3) is 0.444. The molecule has 1 aromatic carbocycles. The number of fused-ring (bicyclic) bond motifs is 1. The molecule has 1 amide bonds. The van der Waals surface area contributed by atoms with Crippen LogP contribution in [0, 0.1) is 5.92 Å². The van der Waals surface area contributed by atoms with Crippen LogP contribution in [0.15, 0.2) is 23.6 Å². The molecule has 0 spiro atoms. The summed E-state index contributed by atoms with van der Waals surface area (Å²) >= 11 is 1.66. The van der Waals surface area contributed by atoms with Crippen LogP contribution < -0.4 is 14.8 Å². The molecule has 1 N–H and O–H groups in total. The van der Waals surface area contributed by atoms with Crippen molar-refractivity contribution < 1.29 is 14.3 Å². The Morgan fingerprint density at radius 3 is 3.12 bits per heavy atom. The van der Waals surface area contributed by atoms with Gasteiger partial charge in [0.05, 0.1) is 23.7 Å². The lowest BCUT2D eigenvalue weighted by molar-refractivity contribution is -0.126. The van der Waals surface area contributed by atoms with Crippen LogP contribution in [-0.4, -0.2) is 31.2 Å². The molecular formula is C18H22N2O3S. The van der Waals surface area contributed by atoms with E-state index in [9.17, 15) is 4.79 Å². The molecule has 6 heteroatoms. The molecule has 2 heterocycles. The minimum atomic E-state index is -0.160. The Labute approximate surface area is 146 Å². The number of nitrogens with zero attached hydrogens (tertiary/aromatic N) is 1. The largest absolute Gasteiger partial charge is 0.493 e. The van der Waals surface area contributed by atoms with E-state index in [1.165, 1.54) is 0 Å². The van der Waals surface area contributed by atoms with Gasteiger partial charge in [0.1, 0.15) is 6.61 Å². The number of nitrogens with one attached hydrogen (secondary N) is 1. The van der Waals surface area contributed by atoms with E-state index in [-0.39, 0.29) is 11.8 Å². The van der Waals surface area contributed by atoms with Crippen molar-refractivity contribution in [2.24, 2.45) is 5.92 Å². The second kappa shape index (κ2) is 7.66. The zero-order valence-electron chi connectivity index (χ0n) is 14.0. The van der Waals surface area contributed by atoms with E-state index < -0.39 is 0 Å². The van der Waals surface area contributed by atoms with Gasteiger partial charge in [-0.15, -0.1) is 11.3 Å². The first-order chi connectivity index (χ1) is 11.7. The highest BCUT2D eigenvalue weighted by molar-refractivity contribution is 7.09. The highest BCUT2D eigenvalue weighted by atomic mass is 32.1. The summed E-state index contributed by atoms with van der Waals surface area (Å²) in [5.74, 6) is 1.36. The number of para-hydroxylation sites is 1. The highest BCUT2D eigenvalue weighted by Gasteiger charge is 2.27. The van der Waals surface area contributed by atoms with Gasteiger partial charge in [-0.2, -0.15) is 0 Å². The van der Waals surface area contributed by atoms with Gasteiger partial charge < -0.3 is 14.8 Å². The Kier molecular flexibility index (Phi) is 5.35. The Hall–Kier alpha value is -2.08. The number of methoxy groups -OCH3 is 1. The summed E-state index contributed by atoms with van der Waals surface area (Å²) in [6, 6.07) is 5.78. The average Bonchev–Trinajstić information content (AvgIpc) is 3.08. The fourth-order valence-electron chi connectivity index (χ4n) is 2.79. The van der Waals surface area contributed by atoms with Gasteiger partial charge in [0.25, 0.3) is 0 Å². The van der Waals surface area contributed by atoms with Crippen molar-refractivity contribution in [1.29, 1.82) is 0 Å². The van der Waals surface area contributed by atoms with Crippen LogP contribution >= 0.6 is 11.3 Å². The molecule has 128 valence electrons. The van der Waals surface area contributed by atoms with Crippen LogP contribution in [0.25, 0.3) is 0 Å². The molecule has 1 aromatic heterocycles. The van der Waals surface area contributed by atoms with Gasteiger partial charge in [0, 0.05) is 18.3 Å². The molecule has 1 atom stereocenters. The standard InChI is InChI=1S/C18H22N2O3S/c1-3-14-11-24-16(20-14)7-8-19-18(21)13-9-12-5-4-6-15(22-2)17(12)23-10-13/h4-6,11,13H,3,7-10H2,1-2H3,(H,19,21)/t13-/m0/s1. The smallest absolute Gasteiger partial charge is 0.226 e. The molecule has 0 fully saturated rings. The summed E-state index contributed by atoms with van der Waals surface area (Å²) in [6.45, 7) is 3.09. The SMILES string of the molecule is CCc1csc(CCNC(=O)[C@@H]2COc3c(cccc3OC)C2)n1. The van der Waals surface area contributed by atoms with Gasteiger partial charge in [0.15, 0.2) is 11.5 Å². The van der Waals surface area contributed by atoms with Gasteiger partial charge >= 0.3 is 0 Å². The van der Waals surface area contributed by atoms with Crippen LogP contribution in [0.2, 0.25) is 0 Å². The minimum Gasteiger partial charge on any atom is -0.493 e. The number of carbonyl (C=O) groups excluding carboxylic acids is 1. The summed E-state index contributed by atoms with van der Waals surface area (Å²) in [5.41, 5.74) is 2.14. The number of thiazole rings is 1. The van der Waals surface area contributed by atoms with Crippen LogP contribution in [0.3, 0.4) is 0 Å². The molecular weight excluding hydrogens is 324 g/mol. The van der Waals surface area contributed by atoms with Crippen LogP contribution in [0.1, 0.15) is 23.2 Å². The maximum Gasteiger partial charge on any atom is 0.226 e. The first-order valence-electron chi connectivity index (χ1n) is 8.21. The number of aryl methyl sites for hydroxylation is 1. The van der Waals surface area contributed by atoms with Crippen molar-refractivity contribution in [2.75, 3.05) is 20.3 Å². The summed E-state index contributed by atoms with van der Waals surface area (Å²) in [6.07, 6.45) is 2.40. The second-order valence-corrected chi connectivity index (χ2v) is 6.73. The fourth-order valence-corrected chi connectivity index (χ4v) is 3.67. The second-order valence-electron chi connectivity index (χ2n) is 5.79. The van der Waals surface area contributed by atoms with Crippen molar-refractivity contribution in [3.63, 3.8) is 0 Å². The van der Waals surface area contributed by atoms with E-state index >= 15 is 0 Å². The topological polar surface area (TPSA) is 60.5 Å². The molecule has 24 heavy (non-hydrogen) atoms. The minimum absolute atomic E-state index is 0.0377. The molecule has 0 bridgehead atoms. The molecule has 3 rings (SSSR count). The molecule has 0 aliphatic carbocycles. The molecule has 0 saturated carbocycles. The number of carbonyl (C=O) groups is 1. The third-order valence-electron chi connectivity index (χ3n) is 4.15. The zero-order valence-corrected chi connectivity index (χ0v) is 14.8. The first-order valence-corrected chi connectivity index (χ1v) is 9.09. The lowest BCUT2D eigenvalue weighted by Gasteiger charge is -2.25. The normalized spacial score (nSPS) is 16.2. The van der Waals surface area contributed by atoms with E-state index in [4.69, 9.17) is 9.47 Å². The molecule has 2 aromatic rings. The van der Waals surface area contributed by atoms with Crippen molar-refractivity contribution in [3.05, 3.63) is 39.8 Å². The van der Waals surface area contributed by atoms with Crippen molar-refractivity contribution in [1.82, 2.24) is 10.3 Å². The van der Waals surface area contributed by atoms with E-state index in [2.05, 4.69) is 22.6 Å². The average molecular weight is 346 g/mol. The van der Waals surface area contributed by atoms with Crippen LogP contribution in [0.5, 0.6) is 11.5 Å². The lowest BCUT2D eigenvalue weighted by Crippen LogP contribution is -2.38. The maximum atomic E-state index is 12.4. The predicted octanol–water partition coefficient (Wildman–Crippen LogP) is 2.62.